The molecule has 1 rings (SSSR count). The summed E-state index contributed by atoms with van der Waals surface area (Å²) in [5.41, 5.74) is 1.08. The fraction of sp³-hybridized carbons (Fsp3) is 0.462. The van der Waals surface area contributed by atoms with Gasteiger partial charge in [0, 0.05) is 20.1 Å². The van der Waals surface area contributed by atoms with Crippen molar-refractivity contribution >= 4 is 45.9 Å². The normalized spacial score (nSPS) is 10.8. The summed E-state index contributed by atoms with van der Waals surface area (Å²) in [5.74, 6) is 0.574. The Balaban J connectivity index is 0.00000324. The van der Waals surface area contributed by atoms with Gasteiger partial charge in [-0.15, -0.1) is 24.0 Å². The van der Waals surface area contributed by atoms with E-state index in [1.165, 1.54) is 6.07 Å². The first-order valence-electron chi connectivity index (χ1n) is 6.05. The van der Waals surface area contributed by atoms with E-state index in [2.05, 4.69) is 38.5 Å². The van der Waals surface area contributed by atoms with Crippen molar-refractivity contribution in [3.63, 3.8) is 0 Å². The topological polar surface area (TPSA) is 36.4 Å². The molecule has 0 aliphatic carbocycles. The minimum Gasteiger partial charge on any atom is -0.356 e. The minimum absolute atomic E-state index is 0. The van der Waals surface area contributed by atoms with Crippen LogP contribution >= 0.6 is 39.9 Å². The molecule has 2 N–H and O–H groups in total. The molecular formula is C13H20BrFIN3. The molecule has 3 nitrogen and oxygen atoms in total. The lowest BCUT2D eigenvalue weighted by molar-refractivity contribution is 0.620. The summed E-state index contributed by atoms with van der Waals surface area (Å²) in [6.45, 7) is 3.78. The monoisotopic (exact) mass is 443 g/mol. The van der Waals surface area contributed by atoms with Gasteiger partial charge in [-0.2, -0.15) is 0 Å². The first-order chi connectivity index (χ1) is 8.67. The van der Waals surface area contributed by atoms with Crippen LogP contribution in [-0.2, 0) is 6.42 Å². The van der Waals surface area contributed by atoms with Gasteiger partial charge in [0.2, 0.25) is 0 Å². The first kappa shape index (κ1) is 18.6. The van der Waals surface area contributed by atoms with Crippen LogP contribution in [0.25, 0.3) is 0 Å². The molecule has 108 valence electrons. The largest absolute Gasteiger partial charge is 0.356 e. The maximum atomic E-state index is 13.1. The summed E-state index contributed by atoms with van der Waals surface area (Å²) in [6, 6.07) is 5.08. The van der Waals surface area contributed by atoms with Crippen molar-refractivity contribution in [1.29, 1.82) is 0 Å². The molecule has 1 aromatic carbocycles. The smallest absolute Gasteiger partial charge is 0.190 e. The van der Waals surface area contributed by atoms with Crippen molar-refractivity contribution in [3.05, 3.63) is 34.1 Å². The molecule has 1 aromatic rings. The van der Waals surface area contributed by atoms with Crippen LogP contribution in [0.4, 0.5) is 4.39 Å². The number of halogens is 3. The molecule has 0 aliphatic heterocycles. The molecule has 0 radical (unpaired) electrons. The Hall–Kier alpha value is -0.370. The zero-order valence-corrected chi connectivity index (χ0v) is 15.1. The van der Waals surface area contributed by atoms with Crippen LogP contribution in [-0.4, -0.2) is 26.1 Å². The third-order valence-corrected chi connectivity index (χ3v) is 3.06. The van der Waals surface area contributed by atoms with Gasteiger partial charge in [0.05, 0.1) is 4.47 Å². The lowest BCUT2D eigenvalue weighted by Crippen LogP contribution is -2.38. The van der Waals surface area contributed by atoms with Crippen molar-refractivity contribution in [2.24, 2.45) is 4.99 Å². The molecule has 0 saturated heterocycles. The zero-order valence-electron chi connectivity index (χ0n) is 11.2. The van der Waals surface area contributed by atoms with E-state index in [4.69, 9.17) is 0 Å². The Kier molecular flexibility index (Phi) is 10.2. The zero-order chi connectivity index (χ0) is 13.4. The average Bonchev–Trinajstić information content (AvgIpc) is 2.37. The first-order valence-corrected chi connectivity index (χ1v) is 6.85. The molecule has 0 aromatic heterocycles. The van der Waals surface area contributed by atoms with Gasteiger partial charge in [-0.3, -0.25) is 4.99 Å². The van der Waals surface area contributed by atoms with E-state index in [1.807, 2.05) is 0 Å². The van der Waals surface area contributed by atoms with Crippen LogP contribution in [0.1, 0.15) is 18.9 Å². The average molecular weight is 444 g/mol. The van der Waals surface area contributed by atoms with E-state index >= 15 is 0 Å². The summed E-state index contributed by atoms with van der Waals surface area (Å²) >= 11 is 3.18. The van der Waals surface area contributed by atoms with Crippen LogP contribution in [0.3, 0.4) is 0 Å². The van der Waals surface area contributed by atoms with Gasteiger partial charge in [-0.25, -0.2) is 4.39 Å². The van der Waals surface area contributed by atoms with Crippen molar-refractivity contribution in [2.75, 3.05) is 20.1 Å². The highest BCUT2D eigenvalue weighted by molar-refractivity contribution is 14.0. The molecule has 0 aliphatic rings. The van der Waals surface area contributed by atoms with Gasteiger partial charge in [0.1, 0.15) is 5.82 Å². The third kappa shape index (κ3) is 7.10. The number of hydrogen-bond donors (Lipinski definition) is 2. The quantitative estimate of drug-likeness (QED) is 0.416. The van der Waals surface area contributed by atoms with Crippen LogP contribution in [0, 0.1) is 5.82 Å². The number of benzene rings is 1. The van der Waals surface area contributed by atoms with Gasteiger partial charge in [-0.05, 0) is 46.5 Å². The lowest BCUT2D eigenvalue weighted by Gasteiger charge is -2.11. The molecule has 0 saturated carbocycles. The maximum absolute atomic E-state index is 13.1. The van der Waals surface area contributed by atoms with E-state index in [9.17, 15) is 4.39 Å². The molecule has 0 fully saturated rings. The van der Waals surface area contributed by atoms with Gasteiger partial charge < -0.3 is 10.6 Å². The van der Waals surface area contributed by atoms with Crippen LogP contribution in [0.2, 0.25) is 0 Å². The van der Waals surface area contributed by atoms with Gasteiger partial charge in [0.25, 0.3) is 0 Å². The van der Waals surface area contributed by atoms with Gasteiger partial charge in [-0.1, -0.05) is 13.0 Å². The fourth-order valence-electron chi connectivity index (χ4n) is 1.48. The van der Waals surface area contributed by atoms with Crippen LogP contribution < -0.4 is 10.6 Å². The molecule has 0 amide bonds. The second kappa shape index (κ2) is 10.4. The van der Waals surface area contributed by atoms with Gasteiger partial charge >= 0.3 is 0 Å². The van der Waals surface area contributed by atoms with E-state index < -0.39 is 0 Å². The number of guanidine groups is 1. The van der Waals surface area contributed by atoms with E-state index in [1.54, 1.807) is 19.2 Å². The second-order valence-electron chi connectivity index (χ2n) is 3.92. The highest BCUT2D eigenvalue weighted by Crippen LogP contribution is 2.16. The number of aliphatic imine (C=N–C) groups is 1. The number of rotatable bonds is 5. The number of nitrogens with one attached hydrogen (secondary N) is 2. The summed E-state index contributed by atoms with van der Waals surface area (Å²) in [6.07, 6.45) is 1.89. The van der Waals surface area contributed by atoms with Crippen molar-refractivity contribution in [2.45, 2.75) is 19.8 Å². The molecule has 0 bridgehead atoms. The maximum Gasteiger partial charge on any atom is 0.190 e. The standard InChI is InChI=1S/C13H19BrFN3.HI/c1-3-7-17-13(16-2)18-8-6-10-4-5-12(15)11(14)9-10;/h4-5,9H,3,6-8H2,1-2H3,(H2,16,17,18);1H. The predicted molar refractivity (Wildman–Crippen MR) is 92.9 cm³/mol. The Morgan fingerprint density at radius 2 is 2.00 bits per heavy atom. The predicted octanol–water partition coefficient (Wildman–Crippen LogP) is 3.32. The fourth-order valence-corrected chi connectivity index (χ4v) is 1.91. The molecule has 0 atom stereocenters. The van der Waals surface area contributed by atoms with Gasteiger partial charge in [0.15, 0.2) is 5.96 Å². The Bertz CT molecular complexity index is 413. The Morgan fingerprint density at radius 3 is 2.58 bits per heavy atom. The van der Waals surface area contributed by atoms with Crippen LogP contribution in [0.5, 0.6) is 0 Å². The summed E-state index contributed by atoms with van der Waals surface area (Å²) in [7, 11) is 1.75. The molecule has 19 heavy (non-hydrogen) atoms. The SMILES string of the molecule is CCCNC(=NC)NCCc1ccc(F)c(Br)c1.I. The summed E-state index contributed by atoms with van der Waals surface area (Å²) < 4.78 is 13.6. The number of nitrogens with zero attached hydrogens (tertiary/aromatic N) is 1. The lowest BCUT2D eigenvalue weighted by atomic mass is 10.1. The Morgan fingerprint density at radius 1 is 1.32 bits per heavy atom. The summed E-state index contributed by atoms with van der Waals surface area (Å²) in [5, 5.41) is 6.41. The molecule has 0 unspecified atom stereocenters. The van der Waals surface area contributed by atoms with Crippen molar-refractivity contribution in [1.82, 2.24) is 10.6 Å². The second-order valence-corrected chi connectivity index (χ2v) is 4.78. The molecular weight excluding hydrogens is 424 g/mol. The molecule has 0 spiro atoms. The van der Waals surface area contributed by atoms with E-state index in [0.717, 1.165) is 37.5 Å². The minimum atomic E-state index is -0.230. The molecule has 6 heteroatoms. The Labute approximate surface area is 139 Å². The third-order valence-electron chi connectivity index (χ3n) is 2.46. The number of hydrogen-bond acceptors (Lipinski definition) is 1. The highest BCUT2D eigenvalue weighted by Gasteiger charge is 2.01. The van der Waals surface area contributed by atoms with Crippen LogP contribution in [0.15, 0.2) is 27.7 Å². The van der Waals surface area contributed by atoms with Crippen molar-refractivity contribution < 1.29 is 4.39 Å². The summed E-state index contributed by atoms with van der Waals surface area (Å²) in [4.78, 5) is 4.11. The molecule has 0 heterocycles. The van der Waals surface area contributed by atoms with E-state index in [0.29, 0.717) is 4.47 Å². The highest BCUT2D eigenvalue weighted by atomic mass is 127. The van der Waals surface area contributed by atoms with E-state index in [-0.39, 0.29) is 29.8 Å². The van der Waals surface area contributed by atoms with Crippen molar-refractivity contribution in [3.8, 4) is 0 Å².